The molecule has 0 fully saturated rings. The number of rotatable bonds is 3. The maximum Gasteiger partial charge on any atom is 0.130 e. The molecule has 18 heavy (non-hydrogen) atoms. The number of aryl methyl sites for hydroxylation is 2. The highest BCUT2D eigenvalue weighted by molar-refractivity contribution is 6.32. The highest BCUT2D eigenvalue weighted by Crippen LogP contribution is 2.26. The van der Waals surface area contributed by atoms with Crippen LogP contribution in [0, 0.1) is 13.8 Å². The van der Waals surface area contributed by atoms with Crippen molar-refractivity contribution >= 4 is 23.2 Å². The zero-order valence-corrected chi connectivity index (χ0v) is 11.7. The van der Waals surface area contributed by atoms with E-state index in [9.17, 15) is 0 Å². The van der Waals surface area contributed by atoms with Gasteiger partial charge in [0.1, 0.15) is 17.5 Å². The molecule has 0 saturated heterocycles. The third kappa shape index (κ3) is 3.15. The number of halogens is 2. The van der Waals surface area contributed by atoms with Gasteiger partial charge in [0.05, 0.1) is 5.69 Å². The molecule has 1 heterocycles. The Balaban J connectivity index is 2.11. The van der Waals surface area contributed by atoms with Crippen molar-refractivity contribution in [2.75, 3.05) is 0 Å². The van der Waals surface area contributed by atoms with Gasteiger partial charge in [-0.3, -0.25) is 0 Å². The molecule has 0 N–H and O–H groups in total. The molecule has 2 aromatic rings. The summed E-state index contributed by atoms with van der Waals surface area (Å²) in [5, 5.41) is 1.25. The predicted octanol–water partition coefficient (Wildman–Crippen LogP) is 4.58. The standard InChI is InChI=1S/C14H13Cl2NO/c1-9-6-12(7-10(2)14(9)16)18-8-11-4-3-5-13(15)17-11/h3-7H,8H2,1-2H3. The lowest BCUT2D eigenvalue weighted by Gasteiger charge is -2.09. The van der Waals surface area contributed by atoms with Crippen molar-refractivity contribution in [3.63, 3.8) is 0 Å². The summed E-state index contributed by atoms with van der Waals surface area (Å²) >= 11 is 11.9. The van der Waals surface area contributed by atoms with Gasteiger partial charge in [0.2, 0.25) is 0 Å². The van der Waals surface area contributed by atoms with Crippen LogP contribution in [0.5, 0.6) is 5.75 Å². The second kappa shape index (κ2) is 5.59. The van der Waals surface area contributed by atoms with Gasteiger partial charge in [-0.15, -0.1) is 0 Å². The molecule has 4 heteroatoms. The highest BCUT2D eigenvalue weighted by atomic mass is 35.5. The molecular weight excluding hydrogens is 269 g/mol. The number of nitrogens with zero attached hydrogens (tertiary/aromatic N) is 1. The van der Waals surface area contributed by atoms with E-state index in [4.69, 9.17) is 27.9 Å². The van der Waals surface area contributed by atoms with Crippen molar-refractivity contribution in [2.45, 2.75) is 20.5 Å². The first-order valence-electron chi connectivity index (χ1n) is 5.57. The summed E-state index contributed by atoms with van der Waals surface area (Å²) in [6.45, 7) is 4.31. The summed E-state index contributed by atoms with van der Waals surface area (Å²) in [5.41, 5.74) is 2.81. The maximum atomic E-state index is 6.10. The van der Waals surface area contributed by atoms with Gasteiger partial charge in [-0.25, -0.2) is 4.98 Å². The molecule has 0 aliphatic rings. The lowest BCUT2D eigenvalue weighted by atomic mass is 10.1. The monoisotopic (exact) mass is 281 g/mol. The van der Waals surface area contributed by atoms with Gasteiger partial charge in [0.25, 0.3) is 0 Å². The minimum atomic E-state index is 0.390. The Kier molecular flexibility index (Phi) is 4.10. The van der Waals surface area contributed by atoms with Crippen molar-refractivity contribution in [1.82, 2.24) is 4.98 Å². The van der Waals surface area contributed by atoms with Gasteiger partial charge in [-0.2, -0.15) is 0 Å². The van der Waals surface area contributed by atoms with Gasteiger partial charge >= 0.3 is 0 Å². The molecule has 1 aromatic carbocycles. The largest absolute Gasteiger partial charge is 0.487 e. The Morgan fingerprint density at radius 1 is 1.11 bits per heavy atom. The van der Waals surface area contributed by atoms with Crippen LogP contribution in [0.2, 0.25) is 10.2 Å². The Hall–Kier alpha value is -1.25. The molecule has 94 valence electrons. The fourth-order valence-electron chi connectivity index (χ4n) is 1.68. The molecule has 0 radical (unpaired) electrons. The van der Waals surface area contributed by atoms with Gasteiger partial charge in [-0.05, 0) is 49.2 Å². The molecule has 0 aliphatic heterocycles. The number of aromatic nitrogens is 1. The third-order valence-electron chi connectivity index (χ3n) is 2.57. The van der Waals surface area contributed by atoms with Gasteiger partial charge in [0, 0.05) is 5.02 Å². The quantitative estimate of drug-likeness (QED) is 0.768. The van der Waals surface area contributed by atoms with Gasteiger partial charge < -0.3 is 4.74 Å². The van der Waals surface area contributed by atoms with Crippen LogP contribution in [0.15, 0.2) is 30.3 Å². The average Bonchev–Trinajstić information content (AvgIpc) is 2.33. The van der Waals surface area contributed by atoms with Crippen LogP contribution >= 0.6 is 23.2 Å². The zero-order valence-electron chi connectivity index (χ0n) is 10.2. The van der Waals surface area contributed by atoms with E-state index in [0.29, 0.717) is 11.8 Å². The molecule has 0 unspecified atom stereocenters. The number of ether oxygens (including phenoxy) is 1. The summed E-state index contributed by atoms with van der Waals surface area (Å²) in [4.78, 5) is 4.17. The average molecular weight is 282 g/mol. The second-order valence-corrected chi connectivity index (χ2v) is 4.88. The van der Waals surface area contributed by atoms with E-state index in [-0.39, 0.29) is 0 Å². The van der Waals surface area contributed by atoms with E-state index in [2.05, 4.69) is 4.98 Å². The third-order valence-corrected chi connectivity index (χ3v) is 3.38. The Bertz CT molecular complexity index is 546. The van der Waals surface area contributed by atoms with Crippen molar-refractivity contribution < 1.29 is 4.74 Å². The summed E-state index contributed by atoms with van der Waals surface area (Å²) < 4.78 is 5.68. The number of hydrogen-bond donors (Lipinski definition) is 0. The molecule has 0 aliphatic carbocycles. The zero-order chi connectivity index (χ0) is 13.1. The van der Waals surface area contributed by atoms with Crippen LogP contribution in [0.25, 0.3) is 0 Å². The fraction of sp³-hybridized carbons (Fsp3) is 0.214. The molecule has 2 rings (SSSR count). The topological polar surface area (TPSA) is 22.1 Å². The van der Waals surface area contributed by atoms with Crippen LogP contribution < -0.4 is 4.74 Å². The molecule has 0 saturated carbocycles. The van der Waals surface area contributed by atoms with Gasteiger partial charge in [0.15, 0.2) is 0 Å². The summed E-state index contributed by atoms with van der Waals surface area (Å²) in [6, 6.07) is 9.30. The first kappa shape index (κ1) is 13.2. The van der Waals surface area contributed by atoms with Crippen LogP contribution in [-0.2, 0) is 6.61 Å². The van der Waals surface area contributed by atoms with Crippen LogP contribution in [0.1, 0.15) is 16.8 Å². The number of hydrogen-bond acceptors (Lipinski definition) is 2. The van der Waals surface area contributed by atoms with E-state index in [1.54, 1.807) is 6.07 Å². The van der Waals surface area contributed by atoms with Gasteiger partial charge in [-0.1, -0.05) is 29.3 Å². The Morgan fingerprint density at radius 2 is 1.78 bits per heavy atom. The summed E-state index contributed by atoms with van der Waals surface area (Å²) in [5.74, 6) is 0.788. The van der Waals surface area contributed by atoms with E-state index in [0.717, 1.165) is 27.6 Å². The van der Waals surface area contributed by atoms with Crippen LogP contribution in [0.3, 0.4) is 0 Å². The Morgan fingerprint density at radius 3 is 2.39 bits per heavy atom. The predicted molar refractivity (Wildman–Crippen MR) is 74.5 cm³/mol. The van der Waals surface area contributed by atoms with E-state index in [1.807, 2.05) is 38.1 Å². The lowest BCUT2D eigenvalue weighted by molar-refractivity contribution is 0.301. The normalized spacial score (nSPS) is 10.4. The molecule has 0 atom stereocenters. The first-order valence-corrected chi connectivity index (χ1v) is 6.33. The molecule has 0 amide bonds. The Labute approximate surface area is 117 Å². The van der Waals surface area contributed by atoms with Crippen LogP contribution in [-0.4, -0.2) is 4.98 Å². The SMILES string of the molecule is Cc1cc(OCc2cccc(Cl)n2)cc(C)c1Cl. The first-order chi connectivity index (χ1) is 8.56. The van der Waals surface area contributed by atoms with Crippen molar-refractivity contribution in [1.29, 1.82) is 0 Å². The summed E-state index contributed by atoms with van der Waals surface area (Å²) in [6.07, 6.45) is 0. The second-order valence-electron chi connectivity index (χ2n) is 4.11. The van der Waals surface area contributed by atoms with E-state index in [1.165, 1.54) is 0 Å². The smallest absolute Gasteiger partial charge is 0.130 e. The number of benzene rings is 1. The van der Waals surface area contributed by atoms with Crippen LogP contribution in [0.4, 0.5) is 0 Å². The van der Waals surface area contributed by atoms with E-state index >= 15 is 0 Å². The van der Waals surface area contributed by atoms with E-state index < -0.39 is 0 Å². The molecule has 0 spiro atoms. The molecular formula is C14H13Cl2NO. The fourth-order valence-corrected chi connectivity index (χ4v) is 1.97. The minimum Gasteiger partial charge on any atom is -0.487 e. The maximum absolute atomic E-state index is 6.10. The lowest BCUT2D eigenvalue weighted by Crippen LogP contribution is -1.99. The molecule has 2 nitrogen and oxygen atoms in total. The number of pyridine rings is 1. The summed E-state index contributed by atoms with van der Waals surface area (Å²) in [7, 11) is 0. The molecule has 0 bridgehead atoms. The van der Waals surface area contributed by atoms with Crippen molar-refractivity contribution in [2.24, 2.45) is 0 Å². The highest BCUT2D eigenvalue weighted by Gasteiger charge is 2.04. The van der Waals surface area contributed by atoms with Crippen molar-refractivity contribution in [3.8, 4) is 5.75 Å². The minimum absolute atomic E-state index is 0.390. The van der Waals surface area contributed by atoms with Crippen molar-refractivity contribution in [3.05, 3.63) is 57.3 Å². The molecule has 1 aromatic heterocycles.